The standard InChI is InChI=1S/C21H24N4O2S/c1-14(2)23-21(27)22-12-15-8-10-16(11-9-15)20(26)25(3)13-19-24-17-6-4-5-7-18(17)28-19/h4-11,14H,12-13H2,1-3H3,(H2,22,23,27). The van der Waals surface area contributed by atoms with Crippen LogP contribution in [0.3, 0.4) is 0 Å². The van der Waals surface area contributed by atoms with Crippen LogP contribution in [0.4, 0.5) is 4.79 Å². The molecule has 0 bridgehead atoms. The minimum Gasteiger partial charge on any atom is -0.336 e. The first kappa shape index (κ1) is 19.8. The second kappa shape index (κ2) is 8.84. The number of rotatable bonds is 6. The van der Waals surface area contributed by atoms with E-state index in [0.29, 0.717) is 18.7 Å². The molecule has 3 aromatic rings. The molecule has 2 N–H and O–H groups in total. The normalized spacial score (nSPS) is 10.9. The highest BCUT2D eigenvalue weighted by Crippen LogP contribution is 2.22. The summed E-state index contributed by atoms with van der Waals surface area (Å²) >= 11 is 1.60. The van der Waals surface area contributed by atoms with Crippen LogP contribution in [-0.2, 0) is 13.1 Å². The number of fused-ring (bicyclic) bond motifs is 1. The zero-order chi connectivity index (χ0) is 20.1. The summed E-state index contributed by atoms with van der Waals surface area (Å²) < 4.78 is 1.12. The number of urea groups is 1. The number of para-hydroxylation sites is 1. The summed E-state index contributed by atoms with van der Waals surface area (Å²) in [4.78, 5) is 30.6. The van der Waals surface area contributed by atoms with Crippen molar-refractivity contribution in [3.63, 3.8) is 0 Å². The fourth-order valence-corrected chi connectivity index (χ4v) is 3.76. The average Bonchev–Trinajstić information content (AvgIpc) is 3.08. The van der Waals surface area contributed by atoms with Gasteiger partial charge in [-0.15, -0.1) is 11.3 Å². The molecule has 0 radical (unpaired) electrons. The summed E-state index contributed by atoms with van der Waals surface area (Å²) in [6.45, 7) is 4.70. The molecule has 0 unspecified atom stereocenters. The van der Waals surface area contributed by atoms with Crippen LogP contribution in [0.15, 0.2) is 48.5 Å². The predicted octanol–water partition coefficient (Wildman–Crippen LogP) is 3.78. The van der Waals surface area contributed by atoms with E-state index < -0.39 is 0 Å². The summed E-state index contributed by atoms with van der Waals surface area (Å²) in [6.07, 6.45) is 0. The molecule has 0 aliphatic rings. The molecule has 0 spiro atoms. The second-order valence-electron chi connectivity index (χ2n) is 6.92. The maximum atomic E-state index is 12.7. The van der Waals surface area contributed by atoms with E-state index in [2.05, 4.69) is 15.6 Å². The van der Waals surface area contributed by atoms with Crippen LogP contribution in [0.2, 0.25) is 0 Å². The van der Waals surface area contributed by atoms with Crippen LogP contribution >= 0.6 is 11.3 Å². The molecule has 6 nitrogen and oxygen atoms in total. The Kier molecular flexibility index (Phi) is 6.26. The summed E-state index contributed by atoms with van der Waals surface area (Å²) in [6, 6.07) is 15.1. The summed E-state index contributed by atoms with van der Waals surface area (Å²) in [7, 11) is 1.78. The summed E-state index contributed by atoms with van der Waals surface area (Å²) in [5.41, 5.74) is 2.50. The largest absolute Gasteiger partial charge is 0.336 e. The van der Waals surface area contributed by atoms with Gasteiger partial charge in [-0.1, -0.05) is 24.3 Å². The van der Waals surface area contributed by atoms with Gasteiger partial charge in [-0.2, -0.15) is 0 Å². The number of nitrogens with zero attached hydrogens (tertiary/aromatic N) is 2. The van der Waals surface area contributed by atoms with Gasteiger partial charge in [0.25, 0.3) is 5.91 Å². The number of benzene rings is 2. The minimum absolute atomic E-state index is 0.0590. The zero-order valence-electron chi connectivity index (χ0n) is 16.2. The molecule has 146 valence electrons. The van der Waals surface area contributed by atoms with E-state index >= 15 is 0 Å². The van der Waals surface area contributed by atoms with E-state index in [-0.39, 0.29) is 18.0 Å². The number of carbonyl (C=O) groups excluding carboxylic acids is 2. The Balaban J connectivity index is 1.58. The van der Waals surface area contributed by atoms with Gasteiger partial charge in [0, 0.05) is 25.2 Å². The monoisotopic (exact) mass is 396 g/mol. The van der Waals surface area contributed by atoms with E-state index in [1.54, 1.807) is 35.4 Å². The number of thiazole rings is 1. The van der Waals surface area contributed by atoms with Gasteiger partial charge in [-0.05, 0) is 43.7 Å². The molecule has 0 aliphatic carbocycles. The zero-order valence-corrected chi connectivity index (χ0v) is 17.0. The van der Waals surface area contributed by atoms with Crippen LogP contribution < -0.4 is 10.6 Å². The fourth-order valence-electron chi connectivity index (χ4n) is 2.74. The topological polar surface area (TPSA) is 74.3 Å². The number of amides is 3. The summed E-state index contributed by atoms with van der Waals surface area (Å²) in [5, 5.41) is 6.48. The van der Waals surface area contributed by atoms with Crippen LogP contribution in [-0.4, -0.2) is 34.9 Å². The first-order chi connectivity index (χ1) is 13.4. The smallest absolute Gasteiger partial charge is 0.315 e. The van der Waals surface area contributed by atoms with Crippen molar-refractivity contribution in [3.05, 3.63) is 64.7 Å². The summed E-state index contributed by atoms with van der Waals surface area (Å²) in [5.74, 6) is -0.0590. The van der Waals surface area contributed by atoms with Crippen molar-refractivity contribution in [3.8, 4) is 0 Å². The highest BCUT2D eigenvalue weighted by Gasteiger charge is 2.14. The van der Waals surface area contributed by atoms with Gasteiger partial charge in [0.05, 0.1) is 16.8 Å². The molecule has 7 heteroatoms. The Morgan fingerprint density at radius 3 is 2.50 bits per heavy atom. The van der Waals surface area contributed by atoms with Crippen molar-refractivity contribution in [2.45, 2.75) is 33.0 Å². The molecule has 0 saturated carbocycles. The third kappa shape index (κ3) is 5.07. The third-order valence-corrected chi connectivity index (χ3v) is 5.15. The number of hydrogen-bond acceptors (Lipinski definition) is 4. The molecule has 1 heterocycles. The van der Waals surface area contributed by atoms with Gasteiger partial charge < -0.3 is 15.5 Å². The molecule has 0 aliphatic heterocycles. The average molecular weight is 397 g/mol. The SMILES string of the molecule is CC(C)NC(=O)NCc1ccc(C(=O)N(C)Cc2nc3ccccc3s2)cc1. The number of nitrogens with one attached hydrogen (secondary N) is 2. The Labute approximate surface area is 168 Å². The highest BCUT2D eigenvalue weighted by molar-refractivity contribution is 7.18. The molecule has 0 saturated heterocycles. The van der Waals surface area contributed by atoms with Crippen molar-refractivity contribution in [1.29, 1.82) is 0 Å². The maximum absolute atomic E-state index is 12.7. The Bertz CT molecular complexity index is 933. The van der Waals surface area contributed by atoms with Gasteiger partial charge in [-0.25, -0.2) is 9.78 Å². The molecule has 0 atom stereocenters. The molecule has 0 fully saturated rings. The predicted molar refractivity (Wildman–Crippen MR) is 112 cm³/mol. The van der Waals surface area contributed by atoms with Gasteiger partial charge in [-0.3, -0.25) is 4.79 Å². The maximum Gasteiger partial charge on any atom is 0.315 e. The molecule has 3 rings (SSSR count). The van der Waals surface area contributed by atoms with Crippen LogP contribution in [0.25, 0.3) is 10.2 Å². The Morgan fingerprint density at radius 2 is 1.82 bits per heavy atom. The number of carbonyl (C=O) groups is 2. The Hall–Kier alpha value is -2.93. The van der Waals surface area contributed by atoms with Crippen molar-refractivity contribution >= 4 is 33.5 Å². The lowest BCUT2D eigenvalue weighted by molar-refractivity contribution is 0.0785. The van der Waals surface area contributed by atoms with Gasteiger partial charge in [0.1, 0.15) is 5.01 Å². The lowest BCUT2D eigenvalue weighted by atomic mass is 10.1. The van der Waals surface area contributed by atoms with Gasteiger partial charge >= 0.3 is 6.03 Å². The van der Waals surface area contributed by atoms with Crippen molar-refractivity contribution in [2.24, 2.45) is 0 Å². The van der Waals surface area contributed by atoms with E-state index in [1.165, 1.54) is 0 Å². The van der Waals surface area contributed by atoms with E-state index in [4.69, 9.17) is 0 Å². The lowest BCUT2D eigenvalue weighted by Gasteiger charge is -2.16. The fraction of sp³-hybridized carbons (Fsp3) is 0.286. The third-order valence-electron chi connectivity index (χ3n) is 4.13. The molecule has 28 heavy (non-hydrogen) atoms. The van der Waals surface area contributed by atoms with Crippen LogP contribution in [0.1, 0.15) is 34.8 Å². The quantitative estimate of drug-likeness (QED) is 0.666. The second-order valence-corrected chi connectivity index (χ2v) is 8.03. The molecule has 3 amide bonds. The Morgan fingerprint density at radius 1 is 1.11 bits per heavy atom. The van der Waals surface area contributed by atoms with E-state index in [1.807, 2.05) is 50.2 Å². The minimum atomic E-state index is -0.203. The van der Waals surface area contributed by atoms with Crippen LogP contribution in [0, 0.1) is 0 Å². The molecular formula is C21H24N4O2S. The van der Waals surface area contributed by atoms with Crippen molar-refractivity contribution in [2.75, 3.05) is 7.05 Å². The molecular weight excluding hydrogens is 372 g/mol. The number of aromatic nitrogens is 1. The number of hydrogen-bond donors (Lipinski definition) is 2. The first-order valence-corrected chi connectivity index (χ1v) is 9.97. The van der Waals surface area contributed by atoms with E-state index in [0.717, 1.165) is 20.8 Å². The highest BCUT2D eigenvalue weighted by atomic mass is 32.1. The lowest BCUT2D eigenvalue weighted by Crippen LogP contribution is -2.39. The first-order valence-electron chi connectivity index (χ1n) is 9.15. The van der Waals surface area contributed by atoms with Gasteiger partial charge in [0.15, 0.2) is 0 Å². The van der Waals surface area contributed by atoms with E-state index in [9.17, 15) is 9.59 Å². The van der Waals surface area contributed by atoms with Crippen molar-refractivity contribution < 1.29 is 9.59 Å². The van der Waals surface area contributed by atoms with Crippen molar-refractivity contribution in [1.82, 2.24) is 20.5 Å². The van der Waals surface area contributed by atoms with Gasteiger partial charge in [0.2, 0.25) is 0 Å². The molecule has 2 aromatic carbocycles. The van der Waals surface area contributed by atoms with Crippen LogP contribution in [0.5, 0.6) is 0 Å². The molecule has 1 aromatic heterocycles.